The Hall–Kier alpha value is -0.360. The molecule has 0 amide bonds. The monoisotopic (exact) mass is 312 g/mol. The van der Waals surface area contributed by atoms with Crippen LogP contribution in [0.2, 0.25) is 0 Å². The quantitative estimate of drug-likeness (QED) is 0.262. The van der Waals surface area contributed by atoms with Gasteiger partial charge in [0.25, 0.3) is 0 Å². The number of aliphatic hydroxyl groups excluding tert-OH is 7. The topological polar surface area (TPSA) is 160 Å². The largest absolute Gasteiger partial charge is 0.394 e. The molecule has 1 aliphatic rings. The zero-order chi connectivity index (χ0) is 16.3. The maximum atomic E-state index is 9.80. The summed E-state index contributed by atoms with van der Waals surface area (Å²) in [5.74, 6) is 0. The molecule has 126 valence electrons. The molecule has 9 atom stereocenters. The summed E-state index contributed by atoms with van der Waals surface area (Å²) in [6.45, 7) is 1.98. The van der Waals surface area contributed by atoms with E-state index in [1.807, 2.05) is 0 Å². The molecular formula is C12H24O9. The van der Waals surface area contributed by atoms with Gasteiger partial charge < -0.3 is 45.2 Å². The fourth-order valence-corrected chi connectivity index (χ4v) is 2.09. The van der Waals surface area contributed by atoms with Crippen molar-refractivity contribution in [3.05, 3.63) is 0 Å². The summed E-state index contributed by atoms with van der Waals surface area (Å²) in [7, 11) is 0. The van der Waals surface area contributed by atoms with Crippen molar-refractivity contribution in [2.75, 3.05) is 6.61 Å². The fraction of sp³-hybridized carbons (Fsp3) is 1.00. The Morgan fingerprint density at radius 1 is 1.05 bits per heavy atom. The predicted molar refractivity (Wildman–Crippen MR) is 68.0 cm³/mol. The van der Waals surface area contributed by atoms with Gasteiger partial charge in [-0.25, -0.2) is 0 Å². The maximum Gasteiger partial charge on any atom is 0.187 e. The fourth-order valence-electron chi connectivity index (χ4n) is 2.09. The van der Waals surface area contributed by atoms with E-state index in [-0.39, 0.29) is 0 Å². The predicted octanol–water partition coefficient (Wildman–Crippen LogP) is -3.71. The zero-order valence-electron chi connectivity index (χ0n) is 11.9. The average molecular weight is 312 g/mol. The maximum absolute atomic E-state index is 9.80. The van der Waals surface area contributed by atoms with Crippen LogP contribution in [0.3, 0.4) is 0 Å². The first kappa shape index (κ1) is 18.7. The van der Waals surface area contributed by atoms with Gasteiger partial charge in [0.2, 0.25) is 0 Å². The molecule has 1 aliphatic heterocycles. The van der Waals surface area contributed by atoms with Crippen molar-refractivity contribution in [2.24, 2.45) is 0 Å². The lowest BCUT2D eigenvalue weighted by molar-refractivity contribution is -0.319. The SMILES string of the molecule is CC(O)C(O[C@@H]1O[C@H](C)[C@H](O)[C@H](O)[C@H]1O)C(O)C(O)CO. The van der Waals surface area contributed by atoms with Gasteiger partial charge in [-0.1, -0.05) is 0 Å². The van der Waals surface area contributed by atoms with Crippen molar-refractivity contribution in [2.45, 2.75) is 69.0 Å². The molecule has 0 aromatic carbocycles. The Morgan fingerprint density at radius 3 is 2.10 bits per heavy atom. The lowest BCUT2D eigenvalue weighted by atomic mass is 9.99. The molecule has 0 aliphatic carbocycles. The van der Waals surface area contributed by atoms with Crippen LogP contribution in [0.5, 0.6) is 0 Å². The summed E-state index contributed by atoms with van der Waals surface area (Å²) in [6, 6.07) is 0. The standard InChI is InChI=1S/C12H24O9/c1-4(14)11(8(17)6(15)3-13)21-12-10(19)9(18)7(16)5(2)20-12/h4-19H,3H2,1-2H3/t4?,5-,6?,7+,8?,9+,10-,11?,12+/m1/s1. The minimum Gasteiger partial charge on any atom is -0.394 e. The molecule has 0 aromatic heterocycles. The van der Waals surface area contributed by atoms with E-state index in [0.717, 1.165) is 0 Å². The number of hydrogen-bond donors (Lipinski definition) is 7. The first-order chi connectivity index (χ1) is 9.70. The van der Waals surface area contributed by atoms with Gasteiger partial charge in [0, 0.05) is 0 Å². The van der Waals surface area contributed by atoms with Crippen LogP contribution in [0.25, 0.3) is 0 Å². The second-order valence-electron chi connectivity index (χ2n) is 5.26. The highest BCUT2D eigenvalue weighted by Gasteiger charge is 2.45. The average Bonchev–Trinajstić information content (AvgIpc) is 2.45. The Morgan fingerprint density at radius 2 is 1.62 bits per heavy atom. The molecule has 0 bridgehead atoms. The van der Waals surface area contributed by atoms with E-state index in [1.165, 1.54) is 13.8 Å². The van der Waals surface area contributed by atoms with Gasteiger partial charge in [-0.05, 0) is 13.8 Å². The number of ether oxygens (including phenoxy) is 2. The molecule has 1 heterocycles. The van der Waals surface area contributed by atoms with E-state index < -0.39 is 61.7 Å². The Balaban J connectivity index is 2.79. The molecule has 0 spiro atoms. The van der Waals surface area contributed by atoms with Crippen LogP contribution in [-0.2, 0) is 9.47 Å². The van der Waals surface area contributed by atoms with Gasteiger partial charge in [-0.2, -0.15) is 0 Å². The van der Waals surface area contributed by atoms with E-state index in [1.54, 1.807) is 0 Å². The van der Waals surface area contributed by atoms with Gasteiger partial charge in [0.1, 0.15) is 36.6 Å². The summed E-state index contributed by atoms with van der Waals surface area (Å²) in [4.78, 5) is 0. The summed E-state index contributed by atoms with van der Waals surface area (Å²) in [6.07, 6.45) is -12.5. The van der Waals surface area contributed by atoms with Crippen molar-refractivity contribution in [3.63, 3.8) is 0 Å². The molecule has 0 aromatic rings. The highest BCUT2D eigenvalue weighted by molar-refractivity contribution is 4.89. The molecule has 1 rings (SSSR count). The molecule has 4 unspecified atom stereocenters. The van der Waals surface area contributed by atoms with E-state index >= 15 is 0 Å². The molecule has 1 saturated heterocycles. The van der Waals surface area contributed by atoms with E-state index in [0.29, 0.717) is 0 Å². The minimum atomic E-state index is -1.63. The van der Waals surface area contributed by atoms with Crippen molar-refractivity contribution < 1.29 is 45.2 Å². The second kappa shape index (κ2) is 7.77. The van der Waals surface area contributed by atoms with Crippen molar-refractivity contribution in [1.29, 1.82) is 0 Å². The summed E-state index contributed by atoms with van der Waals surface area (Å²) >= 11 is 0. The lowest BCUT2D eigenvalue weighted by Crippen LogP contribution is -2.59. The minimum absolute atomic E-state index is 0.750. The number of hydrogen-bond acceptors (Lipinski definition) is 9. The van der Waals surface area contributed by atoms with E-state index in [4.69, 9.17) is 14.6 Å². The summed E-state index contributed by atoms with van der Waals surface area (Å²) in [5.41, 5.74) is 0. The third-order valence-corrected chi connectivity index (χ3v) is 3.49. The molecule has 9 nitrogen and oxygen atoms in total. The van der Waals surface area contributed by atoms with Crippen LogP contribution in [0, 0.1) is 0 Å². The smallest absolute Gasteiger partial charge is 0.187 e. The Bertz CT molecular complexity index is 313. The van der Waals surface area contributed by atoms with Crippen LogP contribution < -0.4 is 0 Å². The number of rotatable bonds is 6. The summed E-state index contributed by atoms with van der Waals surface area (Å²) < 4.78 is 10.4. The molecule has 9 heteroatoms. The van der Waals surface area contributed by atoms with Crippen LogP contribution >= 0.6 is 0 Å². The van der Waals surface area contributed by atoms with Crippen LogP contribution in [0.1, 0.15) is 13.8 Å². The lowest BCUT2D eigenvalue weighted by Gasteiger charge is -2.41. The first-order valence-electron chi connectivity index (χ1n) is 6.70. The van der Waals surface area contributed by atoms with E-state index in [9.17, 15) is 30.6 Å². The molecule has 21 heavy (non-hydrogen) atoms. The number of aliphatic hydroxyl groups is 7. The Kier molecular flexibility index (Phi) is 6.91. The summed E-state index contributed by atoms with van der Waals surface area (Å²) in [5, 5.41) is 66.6. The van der Waals surface area contributed by atoms with Gasteiger partial charge >= 0.3 is 0 Å². The highest BCUT2D eigenvalue weighted by atomic mass is 16.7. The van der Waals surface area contributed by atoms with Gasteiger partial charge in [0.05, 0.1) is 18.8 Å². The second-order valence-corrected chi connectivity index (χ2v) is 5.26. The van der Waals surface area contributed by atoms with Crippen LogP contribution in [0.15, 0.2) is 0 Å². The Labute approximate surface area is 122 Å². The molecule has 7 N–H and O–H groups in total. The normalized spacial score (nSPS) is 39.6. The third-order valence-electron chi connectivity index (χ3n) is 3.49. The molecule has 0 radical (unpaired) electrons. The molecule has 1 fully saturated rings. The molecular weight excluding hydrogens is 288 g/mol. The third kappa shape index (κ3) is 4.31. The van der Waals surface area contributed by atoms with Crippen molar-refractivity contribution in [1.82, 2.24) is 0 Å². The van der Waals surface area contributed by atoms with Gasteiger partial charge in [0.15, 0.2) is 6.29 Å². The van der Waals surface area contributed by atoms with Crippen molar-refractivity contribution in [3.8, 4) is 0 Å². The first-order valence-corrected chi connectivity index (χ1v) is 6.70. The van der Waals surface area contributed by atoms with Crippen molar-refractivity contribution >= 4 is 0 Å². The highest BCUT2D eigenvalue weighted by Crippen LogP contribution is 2.24. The van der Waals surface area contributed by atoms with E-state index in [2.05, 4.69) is 0 Å². The van der Waals surface area contributed by atoms with Gasteiger partial charge in [-0.3, -0.25) is 0 Å². The molecule has 0 saturated carbocycles. The zero-order valence-corrected chi connectivity index (χ0v) is 11.9. The van der Waals surface area contributed by atoms with Crippen LogP contribution in [0.4, 0.5) is 0 Å². The van der Waals surface area contributed by atoms with Gasteiger partial charge in [-0.15, -0.1) is 0 Å². The van der Waals surface area contributed by atoms with Crippen LogP contribution in [-0.4, -0.2) is 97.5 Å².